The molecule has 1 aliphatic rings. The zero-order chi connectivity index (χ0) is 49.6. The molecule has 2 aromatic rings. The SMILES string of the molecule is CCCCCCCCCCCCCCCC(=O)N(C)[C@H](CO)C(=O)N[C@H](C)C(=O)CCC(=O)N(C)[C@@H]1C(=O)C[C@@H](C)C(=O)N[C@H](C(=O)NCB(C)O)Cc2ccc(O)c(c2)-c2cc1ccc2O. The van der Waals surface area contributed by atoms with Crippen molar-refractivity contribution in [1.29, 1.82) is 0 Å². The Morgan fingerprint density at radius 3 is 1.94 bits per heavy atom. The number of hydrogen-bond donors (Lipinski definition) is 7. The van der Waals surface area contributed by atoms with Crippen LogP contribution in [0.4, 0.5) is 0 Å². The van der Waals surface area contributed by atoms with Crippen molar-refractivity contribution >= 4 is 48.0 Å². The lowest BCUT2D eigenvalue weighted by Crippen LogP contribution is -2.53. The van der Waals surface area contributed by atoms with E-state index >= 15 is 0 Å². The molecule has 16 nitrogen and oxygen atoms in total. The first-order chi connectivity index (χ1) is 31.9. The number of rotatable bonds is 26. The van der Waals surface area contributed by atoms with Crippen molar-refractivity contribution in [3.05, 3.63) is 47.5 Å². The van der Waals surface area contributed by atoms with E-state index in [4.69, 9.17) is 0 Å². The van der Waals surface area contributed by atoms with E-state index in [0.717, 1.165) is 24.2 Å². The molecule has 4 bridgehead atoms. The second-order valence-corrected chi connectivity index (χ2v) is 18.4. The van der Waals surface area contributed by atoms with Crippen LogP contribution in [0, 0.1) is 5.92 Å². The second kappa shape index (κ2) is 28.8. The molecule has 0 aliphatic carbocycles. The summed E-state index contributed by atoms with van der Waals surface area (Å²) in [5, 5.41) is 49.6. The molecule has 7 N–H and O–H groups in total. The molecule has 0 saturated carbocycles. The standard InChI is InChI=1S/C50H76BN5O11/c1-7-8-9-10-11-12-13-14-15-16-17-18-19-20-45(62)55(5)40(31-57)50(66)53-34(3)41(58)25-26-46(63)56(6)47-36-22-24-43(60)38(30-36)37-28-35(21-23-42(37)59)29-39(49(65)52-32-51(4)67)54-48(64)33(2)27-44(47)61/h21-24,28,30,33-34,39-40,47,57,59-60,67H,7-20,25-27,29,31-32H2,1-6H3,(H,52,65)(H,53,66)(H,54,64)/t33-,34-,39+,40-,47+/m1/s1. The fourth-order valence-corrected chi connectivity index (χ4v) is 8.31. The number of ketones is 2. The summed E-state index contributed by atoms with van der Waals surface area (Å²) in [7, 11) is 2.82. The van der Waals surface area contributed by atoms with Crippen molar-refractivity contribution in [2.24, 2.45) is 5.92 Å². The molecule has 5 amide bonds. The number of Topliss-reactive ketones (excluding diaryl/α,β-unsaturated/α-hetero) is 2. The smallest absolute Gasteiger partial charge is 0.305 e. The summed E-state index contributed by atoms with van der Waals surface area (Å²) in [6.45, 7) is 5.15. The number of aliphatic hydroxyl groups excluding tert-OH is 1. The normalized spacial score (nSPS) is 17.0. The first-order valence-electron chi connectivity index (χ1n) is 24.3. The fraction of sp³-hybridized carbons (Fsp3) is 0.620. The predicted octanol–water partition coefficient (Wildman–Crippen LogP) is 5.32. The van der Waals surface area contributed by atoms with Gasteiger partial charge in [-0.2, -0.15) is 0 Å². The number of benzene rings is 2. The highest BCUT2D eigenvalue weighted by molar-refractivity contribution is 6.49. The quantitative estimate of drug-likeness (QED) is 0.0470. The minimum atomic E-state index is -1.31. The van der Waals surface area contributed by atoms with Crippen LogP contribution in [-0.4, -0.2) is 123 Å². The maximum Gasteiger partial charge on any atom is 0.305 e. The lowest BCUT2D eigenvalue weighted by Gasteiger charge is -2.30. The van der Waals surface area contributed by atoms with Gasteiger partial charge in [0.2, 0.25) is 29.5 Å². The largest absolute Gasteiger partial charge is 0.507 e. The first-order valence-corrected chi connectivity index (χ1v) is 24.3. The van der Waals surface area contributed by atoms with E-state index in [1.165, 1.54) is 122 Å². The van der Waals surface area contributed by atoms with Gasteiger partial charge in [0, 0.05) is 69.7 Å². The fourth-order valence-electron chi connectivity index (χ4n) is 8.31. The van der Waals surface area contributed by atoms with Crippen LogP contribution in [0.15, 0.2) is 36.4 Å². The maximum atomic E-state index is 14.2. The van der Waals surface area contributed by atoms with Gasteiger partial charge in [-0.05, 0) is 48.7 Å². The number of aliphatic hydroxyl groups is 1. The van der Waals surface area contributed by atoms with Gasteiger partial charge in [0.25, 0.3) is 0 Å². The summed E-state index contributed by atoms with van der Waals surface area (Å²) >= 11 is 0. The van der Waals surface area contributed by atoms with Gasteiger partial charge in [0.05, 0.1) is 12.6 Å². The summed E-state index contributed by atoms with van der Waals surface area (Å²) in [4.78, 5) is 96.6. The van der Waals surface area contributed by atoms with E-state index in [1.54, 1.807) is 12.1 Å². The van der Waals surface area contributed by atoms with E-state index in [9.17, 15) is 53.9 Å². The van der Waals surface area contributed by atoms with Crippen LogP contribution in [0.1, 0.15) is 147 Å². The third kappa shape index (κ3) is 18.0. The molecule has 17 heteroatoms. The molecule has 0 radical (unpaired) electrons. The molecule has 0 unspecified atom stereocenters. The Bertz CT molecular complexity index is 1980. The molecule has 67 heavy (non-hydrogen) atoms. The highest BCUT2D eigenvalue weighted by Gasteiger charge is 2.34. The Hall–Kier alpha value is -5.29. The van der Waals surface area contributed by atoms with Gasteiger partial charge in [-0.3, -0.25) is 33.6 Å². The van der Waals surface area contributed by atoms with E-state index in [1.807, 2.05) is 0 Å². The van der Waals surface area contributed by atoms with Gasteiger partial charge in [0.1, 0.15) is 29.6 Å². The number of phenolic OH excluding ortho intramolecular Hbond substituents is 2. The number of fused-ring (bicyclic) bond motifs is 5. The average molecular weight is 934 g/mol. The lowest BCUT2D eigenvalue weighted by molar-refractivity contribution is -0.142. The zero-order valence-corrected chi connectivity index (χ0v) is 40.6. The zero-order valence-electron chi connectivity index (χ0n) is 40.6. The van der Waals surface area contributed by atoms with Crippen molar-refractivity contribution < 1.29 is 53.9 Å². The molecule has 370 valence electrons. The topological polar surface area (TPSA) is 243 Å². The Kier molecular flexibility index (Phi) is 24.1. The number of likely N-dealkylation sites (N-methyl/N-ethyl adjacent to an activating group) is 2. The molecule has 5 atom stereocenters. The van der Waals surface area contributed by atoms with E-state index in [-0.39, 0.29) is 72.6 Å². The molecule has 2 aromatic carbocycles. The van der Waals surface area contributed by atoms with Crippen LogP contribution in [0.2, 0.25) is 6.82 Å². The number of aromatic hydroxyl groups is 2. The summed E-state index contributed by atoms with van der Waals surface area (Å²) in [6, 6.07) is 3.97. The van der Waals surface area contributed by atoms with Crippen LogP contribution in [0.3, 0.4) is 0 Å². The Balaban J connectivity index is 1.64. The number of carbonyl (C=O) groups excluding carboxylic acids is 7. The molecular formula is C50H76BN5O11. The van der Waals surface area contributed by atoms with Crippen LogP contribution in [-0.2, 0) is 40.0 Å². The van der Waals surface area contributed by atoms with Crippen molar-refractivity contribution in [1.82, 2.24) is 25.8 Å². The Labute approximate surface area is 397 Å². The monoisotopic (exact) mass is 934 g/mol. The van der Waals surface area contributed by atoms with E-state index in [0.29, 0.717) is 12.0 Å². The van der Waals surface area contributed by atoms with Crippen molar-refractivity contribution in [2.75, 3.05) is 27.1 Å². The molecule has 1 heterocycles. The average Bonchev–Trinajstić information content (AvgIpc) is 3.29. The third-order valence-electron chi connectivity index (χ3n) is 12.6. The van der Waals surface area contributed by atoms with Crippen LogP contribution >= 0.6 is 0 Å². The molecule has 0 aromatic heterocycles. The number of carbonyl (C=O) groups is 7. The molecule has 1 aliphatic heterocycles. The molecule has 0 fully saturated rings. The molecule has 0 spiro atoms. The summed E-state index contributed by atoms with van der Waals surface area (Å²) in [5.74, 6) is -5.34. The maximum absolute atomic E-state index is 14.2. The van der Waals surface area contributed by atoms with Gasteiger partial charge < -0.3 is 46.1 Å². The van der Waals surface area contributed by atoms with Crippen LogP contribution in [0.25, 0.3) is 11.1 Å². The van der Waals surface area contributed by atoms with Crippen molar-refractivity contribution in [3.63, 3.8) is 0 Å². The number of amides is 5. The third-order valence-corrected chi connectivity index (χ3v) is 12.6. The number of nitrogens with zero attached hydrogens (tertiary/aromatic N) is 2. The number of hydrogen-bond acceptors (Lipinski definition) is 11. The van der Waals surface area contributed by atoms with Gasteiger partial charge >= 0.3 is 6.92 Å². The highest BCUT2D eigenvalue weighted by Crippen LogP contribution is 2.39. The van der Waals surface area contributed by atoms with Crippen molar-refractivity contribution in [2.45, 2.75) is 167 Å². The van der Waals surface area contributed by atoms with Gasteiger partial charge in [0.15, 0.2) is 11.6 Å². The minimum Gasteiger partial charge on any atom is -0.507 e. The first kappa shape index (κ1) is 56.0. The summed E-state index contributed by atoms with van der Waals surface area (Å²) < 4.78 is 0. The van der Waals surface area contributed by atoms with Gasteiger partial charge in [-0.25, -0.2) is 0 Å². The van der Waals surface area contributed by atoms with Crippen molar-refractivity contribution in [3.8, 4) is 22.6 Å². The summed E-state index contributed by atoms with van der Waals surface area (Å²) in [6.07, 6.45) is 14.2. The number of phenols is 2. The van der Waals surface area contributed by atoms with Gasteiger partial charge in [-0.15, -0.1) is 0 Å². The van der Waals surface area contributed by atoms with Crippen LogP contribution in [0.5, 0.6) is 11.5 Å². The molecule has 0 saturated heterocycles. The number of nitrogens with one attached hydrogen (secondary N) is 3. The predicted molar refractivity (Wildman–Crippen MR) is 258 cm³/mol. The molecule has 3 rings (SSSR count). The lowest BCUT2D eigenvalue weighted by atomic mass is 9.72. The minimum absolute atomic E-state index is 0.0228. The molecular weight excluding hydrogens is 857 g/mol. The van der Waals surface area contributed by atoms with E-state index in [2.05, 4.69) is 22.9 Å². The highest BCUT2D eigenvalue weighted by atomic mass is 16.3. The van der Waals surface area contributed by atoms with Gasteiger partial charge in [-0.1, -0.05) is 110 Å². The Morgan fingerprint density at radius 1 is 0.791 bits per heavy atom. The summed E-state index contributed by atoms with van der Waals surface area (Å²) in [5.41, 5.74) is 1.07. The van der Waals surface area contributed by atoms with E-state index < -0.39 is 78.8 Å². The second-order valence-electron chi connectivity index (χ2n) is 18.4. The number of unbranched alkanes of at least 4 members (excludes halogenated alkanes) is 12. The van der Waals surface area contributed by atoms with Crippen LogP contribution < -0.4 is 16.0 Å². The Morgan fingerprint density at radius 2 is 1.36 bits per heavy atom.